The molecule has 5 heteroatoms. The summed E-state index contributed by atoms with van der Waals surface area (Å²) in [5, 5.41) is 11.1. The molecule has 0 bridgehead atoms. The molecule has 0 aromatic heterocycles. The van der Waals surface area contributed by atoms with E-state index < -0.39 is 12.3 Å². The number of para-hydroxylation sites is 2. The van der Waals surface area contributed by atoms with Crippen molar-refractivity contribution in [2.75, 3.05) is 0 Å². The van der Waals surface area contributed by atoms with Crippen molar-refractivity contribution in [3.05, 3.63) is 59.7 Å². The van der Waals surface area contributed by atoms with Gasteiger partial charge in [0, 0.05) is 6.42 Å². The Hall–Kier alpha value is -0.854. The van der Waals surface area contributed by atoms with Crippen LogP contribution in [-0.2, 0) is 11.2 Å². The first-order valence-corrected chi connectivity index (χ1v) is 5.94. The molecule has 2 aromatic rings. The molecule has 0 atom stereocenters. The van der Waals surface area contributed by atoms with Crippen LogP contribution in [-0.4, -0.2) is 12.3 Å². The van der Waals surface area contributed by atoms with Crippen LogP contribution in [0.3, 0.4) is 0 Å². The van der Waals surface area contributed by atoms with Gasteiger partial charge in [-0.1, -0.05) is 36.4 Å². The average molecular weight is 294 g/mol. The van der Waals surface area contributed by atoms with E-state index in [0.717, 1.165) is 11.1 Å². The third-order valence-corrected chi connectivity index (χ3v) is 2.99. The predicted molar refractivity (Wildman–Crippen MR) is 65.7 cm³/mol. The van der Waals surface area contributed by atoms with Crippen molar-refractivity contribution < 1.29 is 70.8 Å². The van der Waals surface area contributed by atoms with Crippen molar-refractivity contribution in [2.24, 2.45) is 0 Å². The van der Waals surface area contributed by atoms with E-state index in [0.29, 0.717) is 17.9 Å². The number of carbonyl (C=O) groups is 1. The number of benzene rings is 2. The summed E-state index contributed by atoms with van der Waals surface area (Å²) in [5.74, 6) is -0.385. The van der Waals surface area contributed by atoms with Gasteiger partial charge in [-0.3, -0.25) is 0 Å². The molecule has 0 radical (unpaired) electrons. The summed E-state index contributed by atoms with van der Waals surface area (Å²) >= 11 is 0. The summed E-state index contributed by atoms with van der Waals surface area (Å²) in [5.41, 5.74) is 1.84. The van der Waals surface area contributed by atoms with Crippen LogP contribution in [0.15, 0.2) is 48.5 Å². The first-order valence-electron chi connectivity index (χ1n) is 5.94. The Kier molecular flexibility index (Phi) is 5.23. The molecular formula is C15H11KO4. The van der Waals surface area contributed by atoms with E-state index in [1.54, 1.807) is 24.3 Å². The maximum Gasteiger partial charge on any atom is 1.00 e. The van der Waals surface area contributed by atoms with E-state index >= 15 is 0 Å². The van der Waals surface area contributed by atoms with Crippen LogP contribution >= 0.6 is 0 Å². The third kappa shape index (κ3) is 3.24. The first-order chi connectivity index (χ1) is 9.24. The molecule has 1 heterocycles. The van der Waals surface area contributed by atoms with Gasteiger partial charge in [0.25, 0.3) is 6.29 Å². The molecule has 0 amide bonds. The van der Waals surface area contributed by atoms with E-state index in [2.05, 4.69) is 0 Å². The van der Waals surface area contributed by atoms with E-state index in [1.165, 1.54) is 0 Å². The van der Waals surface area contributed by atoms with Gasteiger partial charge in [-0.25, -0.2) is 0 Å². The molecule has 0 N–H and O–H groups in total. The standard InChI is InChI=1S/C15H12O4.K/c16-14(17)15-18-12-7-3-1-5-10(12)9-11-6-2-4-8-13(11)19-15;/h1-8,15H,9H2,(H,16,17);/q;+1/p-1. The van der Waals surface area contributed by atoms with Gasteiger partial charge >= 0.3 is 51.4 Å². The minimum atomic E-state index is -1.44. The predicted octanol–water partition coefficient (Wildman–Crippen LogP) is -1.87. The van der Waals surface area contributed by atoms with E-state index in [4.69, 9.17) is 9.47 Å². The second-order valence-electron chi connectivity index (χ2n) is 4.28. The van der Waals surface area contributed by atoms with Gasteiger partial charge in [-0.2, -0.15) is 0 Å². The van der Waals surface area contributed by atoms with Crippen LogP contribution in [0.5, 0.6) is 11.5 Å². The zero-order valence-electron chi connectivity index (χ0n) is 11.0. The topological polar surface area (TPSA) is 58.6 Å². The molecule has 0 spiro atoms. The summed E-state index contributed by atoms with van der Waals surface area (Å²) in [7, 11) is 0. The van der Waals surface area contributed by atoms with Gasteiger partial charge in [-0.05, 0) is 23.3 Å². The third-order valence-electron chi connectivity index (χ3n) is 2.99. The van der Waals surface area contributed by atoms with Gasteiger partial charge in [0.05, 0.1) is 0 Å². The number of hydrogen-bond acceptors (Lipinski definition) is 4. The van der Waals surface area contributed by atoms with E-state index in [9.17, 15) is 9.90 Å². The number of ether oxygens (including phenoxy) is 2. The molecule has 20 heavy (non-hydrogen) atoms. The fourth-order valence-electron chi connectivity index (χ4n) is 2.09. The largest absolute Gasteiger partial charge is 1.00 e. The molecule has 0 saturated carbocycles. The van der Waals surface area contributed by atoms with E-state index in [1.807, 2.05) is 24.3 Å². The quantitative estimate of drug-likeness (QED) is 0.578. The van der Waals surface area contributed by atoms with E-state index in [-0.39, 0.29) is 51.4 Å². The number of carbonyl (C=O) groups excluding carboxylic acids is 1. The van der Waals surface area contributed by atoms with Crippen molar-refractivity contribution in [3.8, 4) is 11.5 Å². The summed E-state index contributed by atoms with van der Waals surface area (Å²) < 4.78 is 10.7. The summed E-state index contributed by atoms with van der Waals surface area (Å²) in [6, 6.07) is 14.6. The van der Waals surface area contributed by atoms with Gasteiger partial charge in [0.1, 0.15) is 17.5 Å². The minimum Gasteiger partial charge on any atom is -0.543 e. The van der Waals surface area contributed by atoms with Gasteiger partial charge in [-0.15, -0.1) is 0 Å². The Bertz CT molecular complexity index is 579. The molecule has 4 nitrogen and oxygen atoms in total. The van der Waals surface area contributed by atoms with Crippen LogP contribution < -0.4 is 66.0 Å². The number of fused-ring (bicyclic) bond motifs is 2. The normalized spacial score (nSPS) is 13.4. The Morgan fingerprint density at radius 1 is 0.950 bits per heavy atom. The second kappa shape index (κ2) is 6.73. The Labute approximate surface area is 159 Å². The average Bonchev–Trinajstić information content (AvgIpc) is 2.38. The van der Waals surface area contributed by atoms with Crippen LogP contribution in [0.1, 0.15) is 11.1 Å². The van der Waals surface area contributed by atoms with Crippen LogP contribution in [0.4, 0.5) is 0 Å². The van der Waals surface area contributed by atoms with Gasteiger partial charge in [0.2, 0.25) is 0 Å². The van der Waals surface area contributed by atoms with Crippen LogP contribution in [0, 0.1) is 0 Å². The zero-order valence-corrected chi connectivity index (χ0v) is 14.2. The molecule has 3 rings (SSSR count). The molecule has 0 unspecified atom stereocenters. The Balaban J connectivity index is 0.00000147. The van der Waals surface area contributed by atoms with Crippen LogP contribution in [0.2, 0.25) is 0 Å². The molecular weight excluding hydrogens is 283 g/mol. The maximum atomic E-state index is 11.1. The summed E-state index contributed by atoms with van der Waals surface area (Å²) in [6.45, 7) is 0. The fourth-order valence-corrected chi connectivity index (χ4v) is 2.09. The molecule has 1 aliphatic rings. The van der Waals surface area contributed by atoms with Crippen molar-refractivity contribution in [1.82, 2.24) is 0 Å². The number of aliphatic carboxylic acids is 1. The molecule has 0 aliphatic carbocycles. The molecule has 1 aliphatic heterocycles. The van der Waals surface area contributed by atoms with Gasteiger partial charge in [0.15, 0.2) is 0 Å². The first kappa shape index (κ1) is 15.5. The van der Waals surface area contributed by atoms with Crippen molar-refractivity contribution >= 4 is 5.97 Å². The summed E-state index contributed by atoms with van der Waals surface area (Å²) in [4.78, 5) is 11.1. The van der Waals surface area contributed by atoms with Crippen molar-refractivity contribution in [1.29, 1.82) is 0 Å². The number of carboxylic acid groups (broad SMARTS) is 1. The molecule has 2 aromatic carbocycles. The molecule has 0 fully saturated rings. The zero-order chi connectivity index (χ0) is 13.2. The van der Waals surface area contributed by atoms with Crippen LogP contribution in [0.25, 0.3) is 0 Å². The number of rotatable bonds is 1. The van der Waals surface area contributed by atoms with Gasteiger partial charge < -0.3 is 19.4 Å². The summed E-state index contributed by atoms with van der Waals surface area (Å²) in [6.07, 6.45) is -0.811. The second-order valence-corrected chi connectivity index (χ2v) is 4.28. The monoisotopic (exact) mass is 294 g/mol. The smallest absolute Gasteiger partial charge is 0.543 e. The maximum absolute atomic E-state index is 11.1. The van der Waals surface area contributed by atoms with Crippen molar-refractivity contribution in [2.45, 2.75) is 12.7 Å². The number of hydrogen-bond donors (Lipinski definition) is 0. The Morgan fingerprint density at radius 3 is 1.85 bits per heavy atom. The minimum absolute atomic E-state index is 0. The Morgan fingerprint density at radius 2 is 1.40 bits per heavy atom. The van der Waals surface area contributed by atoms with Crippen molar-refractivity contribution in [3.63, 3.8) is 0 Å². The SMILES string of the molecule is O=C([O-])C1Oc2ccccc2Cc2ccccc2O1.[K+]. The molecule has 0 saturated heterocycles. The fraction of sp³-hybridized carbons (Fsp3) is 0.133. The molecule has 96 valence electrons. The number of carboxylic acids is 1.